The van der Waals surface area contributed by atoms with Crippen LogP contribution in [0.4, 0.5) is 4.39 Å². The number of methoxy groups -OCH3 is 1. The number of hydrazone groups is 1. The maximum absolute atomic E-state index is 14.7. The van der Waals surface area contributed by atoms with Crippen LogP contribution in [0.1, 0.15) is 43.4 Å². The minimum absolute atomic E-state index is 0.123. The quantitative estimate of drug-likeness (QED) is 0.580. The number of benzene rings is 2. The van der Waals surface area contributed by atoms with E-state index in [1.807, 2.05) is 29.2 Å². The Labute approximate surface area is 199 Å². The minimum Gasteiger partial charge on any atom is -0.497 e. The number of hydrogen-bond donors (Lipinski definition) is 0. The lowest BCUT2D eigenvalue weighted by Crippen LogP contribution is -2.43. The van der Waals surface area contributed by atoms with Crippen LogP contribution in [0.2, 0.25) is 0 Å². The Bertz CT molecular complexity index is 1070. The van der Waals surface area contributed by atoms with Crippen LogP contribution in [0.25, 0.3) is 0 Å². The van der Waals surface area contributed by atoms with Gasteiger partial charge >= 0.3 is 5.97 Å². The Balaban J connectivity index is 1.51. The molecule has 0 N–H and O–H groups in total. The van der Waals surface area contributed by atoms with Gasteiger partial charge < -0.3 is 9.47 Å². The molecule has 0 radical (unpaired) electrons. The number of rotatable bonds is 7. The average molecular weight is 468 g/mol. The monoisotopic (exact) mass is 467 g/mol. The van der Waals surface area contributed by atoms with Gasteiger partial charge in [-0.15, -0.1) is 0 Å². The largest absolute Gasteiger partial charge is 0.497 e. The lowest BCUT2D eigenvalue weighted by Gasteiger charge is -2.32. The average Bonchev–Trinajstić information content (AvgIpc) is 3.30. The molecule has 1 amide bonds. The second kappa shape index (κ2) is 10.8. The molecule has 2 aromatic rings. The highest BCUT2D eigenvalue weighted by Gasteiger charge is 2.36. The summed E-state index contributed by atoms with van der Waals surface area (Å²) in [6.07, 6.45) is 1.72. The second-order valence-corrected chi connectivity index (χ2v) is 8.56. The number of esters is 1. The van der Waals surface area contributed by atoms with Crippen LogP contribution in [0.3, 0.4) is 0 Å². The summed E-state index contributed by atoms with van der Waals surface area (Å²) < 4.78 is 25.2. The second-order valence-electron chi connectivity index (χ2n) is 8.56. The summed E-state index contributed by atoms with van der Waals surface area (Å²) in [5, 5.41) is 6.06. The molecule has 0 bridgehead atoms. The Hall–Kier alpha value is -3.26. The maximum Gasteiger partial charge on any atom is 0.309 e. The number of piperidine rings is 1. The van der Waals surface area contributed by atoms with Crippen LogP contribution >= 0.6 is 0 Å². The van der Waals surface area contributed by atoms with E-state index in [4.69, 9.17) is 9.47 Å². The first-order valence-electron chi connectivity index (χ1n) is 11.7. The predicted octanol–water partition coefficient (Wildman–Crippen LogP) is 3.79. The molecule has 0 aromatic heterocycles. The zero-order valence-corrected chi connectivity index (χ0v) is 19.6. The third kappa shape index (κ3) is 5.28. The van der Waals surface area contributed by atoms with E-state index in [1.165, 1.54) is 11.1 Å². The number of carbonyl (C=O) groups is 2. The molecule has 1 fully saturated rings. The Morgan fingerprint density at radius 3 is 2.59 bits per heavy atom. The lowest BCUT2D eigenvalue weighted by atomic mass is 9.96. The number of amides is 1. The van der Waals surface area contributed by atoms with Gasteiger partial charge in [0.1, 0.15) is 11.6 Å². The lowest BCUT2D eigenvalue weighted by molar-refractivity contribution is -0.149. The van der Waals surface area contributed by atoms with Gasteiger partial charge in [0.15, 0.2) is 0 Å². The summed E-state index contributed by atoms with van der Waals surface area (Å²) in [5.41, 5.74) is 1.99. The van der Waals surface area contributed by atoms with Crippen LogP contribution in [0.15, 0.2) is 53.6 Å². The Kier molecular flexibility index (Phi) is 7.57. The fraction of sp³-hybridized carbons (Fsp3) is 0.423. The third-order valence-electron chi connectivity index (χ3n) is 6.40. The molecule has 34 heavy (non-hydrogen) atoms. The fourth-order valence-corrected chi connectivity index (χ4v) is 4.56. The molecule has 1 saturated heterocycles. The summed E-state index contributed by atoms with van der Waals surface area (Å²) in [7, 11) is 1.60. The van der Waals surface area contributed by atoms with Crippen molar-refractivity contribution in [2.24, 2.45) is 11.0 Å². The molecule has 180 valence electrons. The van der Waals surface area contributed by atoms with Crippen molar-refractivity contribution in [1.29, 1.82) is 0 Å². The highest BCUT2D eigenvalue weighted by atomic mass is 19.1. The van der Waals surface area contributed by atoms with E-state index in [2.05, 4.69) is 5.10 Å². The van der Waals surface area contributed by atoms with Gasteiger partial charge in [0.05, 0.1) is 37.9 Å². The standard InChI is InChI=1S/C26H30FN3O4/c1-3-34-26(32)18-11-13-29(14-12-18)17-25(31)30-24(21-9-4-5-10-22(21)27)16-23(28-30)19-7-6-8-20(15-19)33-2/h4-10,15,18,24H,3,11-14,16-17H2,1-2H3/t24-/m1/s1. The summed E-state index contributed by atoms with van der Waals surface area (Å²) in [4.78, 5) is 27.4. The zero-order valence-electron chi connectivity index (χ0n) is 19.6. The van der Waals surface area contributed by atoms with Crippen LogP contribution in [-0.4, -0.2) is 60.8 Å². The summed E-state index contributed by atoms with van der Waals surface area (Å²) in [5.74, 6) is -0.151. The first kappa shape index (κ1) is 23.9. The molecule has 0 unspecified atom stereocenters. The summed E-state index contributed by atoms with van der Waals surface area (Å²) >= 11 is 0. The van der Waals surface area contributed by atoms with Gasteiger partial charge in [-0.25, -0.2) is 9.40 Å². The number of carbonyl (C=O) groups excluding carboxylic acids is 2. The van der Waals surface area contributed by atoms with Gasteiger partial charge in [-0.1, -0.05) is 30.3 Å². The van der Waals surface area contributed by atoms with Crippen LogP contribution < -0.4 is 4.74 Å². The van der Waals surface area contributed by atoms with Crippen molar-refractivity contribution in [2.45, 2.75) is 32.2 Å². The molecular formula is C26H30FN3O4. The predicted molar refractivity (Wildman–Crippen MR) is 126 cm³/mol. The van der Waals surface area contributed by atoms with Crippen molar-refractivity contribution in [3.63, 3.8) is 0 Å². The van der Waals surface area contributed by atoms with Gasteiger partial charge in [-0.3, -0.25) is 14.5 Å². The van der Waals surface area contributed by atoms with Gasteiger partial charge in [-0.2, -0.15) is 5.10 Å². The zero-order chi connectivity index (χ0) is 24.1. The molecular weight excluding hydrogens is 437 g/mol. The number of halogens is 1. The van der Waals surface area contributed by atoms with Gasteiger partial charge in [0.2, 0.25) is 0 Å². The molecule has 4 rings (SSSR count). The summed E-state index contributed by atoms with van der Waals surface area (Å²) in [6, 6.07) is 13.5. The van der Waals surface area contributed by atoms with E-state index < -0.39 is 6.04 Å². The SMILES string of the molecule is CCOC(=O)C1CCN(CC(=O)N2N=C(c3cccc(OC)c3)C[C@@H]2c2ccccc2F)CC1. The number of nitrogens with zero attached hydrogens (tertiary/aromatic N) is 3. The van der Waals surface area contributed by atoms with Crippen molar-refractivity contribution in [1.82, 2.24) is 9.91 Å². The van der Waals surface area contributed by atoms with Crippen LogP contribution in [-0.2, 0) is 14.3 Å². The van der Waals surface area contributed by atoms with E-state index in [9.17, 15) is 14.0 Å². The van der Waals surface area contributed by atoms with Crippen molar-refractivity contribution in [3.8, 4) is 5.75 Å². The molecule has 2 aliphatic heterocycles. The van der Waals surface area contributed by atoms with Gasteiger partial charge in [0, 0.05) is 17.5 Å². The highest BCUT2D eigenvalue weighted by Crippen LogP contribution is 2.35. The molecule has 0 saturated carbocycles. The number of likely N-dealkylation sites (tertiary alicyclic amines) is 1. The van der Waals surface area contributed by atoms with Crippen molar-refractivity contribution in [2.75, 3.05) is 33.4 Å². The number of hydrogen-bond acceptors (Lipinski definition) is 6. The Morgan fingerprint density at radius 1 is 1.12 bits per heavy atom. The molecule has 2 aliphatic rings. The van der Waals surface area contributed by atoms with Gasteiger partial charge in [-0.05, 0) is 51.1 Å². The van der Waals surface area contributed by atoms with E-state index in [1.54, 1.807) is 32.2 Å². The van der Waals surface area contributed by atoms with E-state index in [-0.39, 0.29) is 30.2 Å². The van der Waals surface area contributed by atoms with E-state index in [0.29, 0.717) is 56.0 Å². The minimum atomic E-state index is -0.521. The van der Waals surface area contributed by atoms with E-state index in [0.717, 1.165) is 5.56 Å². The fourth-order valence-electron chi connectivity index (χ4n) is 4.56. The van der Waals surface area contributed by atoms with Crippen molar-refractivity contribution < 1.29 is 23.5 Å². The van der Waals surface area contributed by atoms with Crippen molar-refractivity contribution in [3.05, 3.63) is 65.5 Å². The molecule has 7 nitrogen and oxygen atoms in total. The molecule has 2 heterocycles. The van der Waals surface area contributed by atoms with Crippen molar-refractivity contribution >= 4 is 17.6 Å². The summed E-state index contributed by atoms with van der Waals surface area (Å²) in [6.45, 7) is 3.58. The van der Waals surface area contributed by atoms with Crippen LogP contribution in [0, 0.1) is 11.7 Å². The first-order chi connectivity index (χ1) is 16.5. The highest BCUT2D eigenvalue weighted by molar-refractivity contribution is 6.03. The van der Waals surface area contributed by atoms with Gasteiger partial charge in [0.25, 0.3) is 5.91 Å². The third-order valence-corrected chi connectivity index (χ3v) is 6.40. The molecule has 2 aromatic carbocycles. The Morgan fingerprint density at radius 2 is 1.88 bits per heavy atom. The topological polar surface area (TPSA) is 71.4 Å². The maximum atomic E-state index is 14.7. The van der Waals surface area contributed by atoms with E-state index >= 15 is 0 Å². The van der Waals surface area contributed by atoms with Crippen LogP contribution in [0.5, 0.6) is 5.75 Å². The molecule has 0 aliphatic carbocycles. The molecule has 0 spiro atoms. The number of ether oxygens (including phenoxy) is 2. The molecule has 1 atom stereocenters. The smallest absolute Gasteiger partial charge is 0.309 e. The normalized spacial score (nSPS) is 19.1. The molecule has 8 heteroatoms. The first-order valence-corrected chi connectivity index (χ1v) is 11.7.